The summed E-state index contributed by atoms with van der Waals surface area (Å²) in [5.74, 6) is 0.0831. The summed E-state index contributed by atoms with van der Waals surface area (Å²) in [6, 6.07) is 13.0. The van der Waals surface area contributed by atoms with E-state index in [1.807, 2.05) is 35.7 Å². The van der Waals surface area contributed by atoms with E-state index in [9.17, 15) is 4.79 Å². The third-order valence-corrected chi connectivity index (χ3v) is 5.84. The number of rotatable bonds is 5. The van der Waals surface area contributed by atoms with E-state index >= 15 is 0 Å². The average Bonchev–Trinajstić information content (AvgIpc) is 3.26. The third kappa shape index (κ3) is 4.27. The van der Waals surface area contributed by atoms with Crippen LogP contribution in [-0.2, 0) is 4.79 Å². The fourth-order valence-electron chi connectivity index (χ4n) is 2.44. The number of thiazole rings is 1. The lowest BCUT2D eigenvalue weighted by molar-refractivity contribution is -0.113. The monoisotopic (exact) mass is 434 g/mol. The molecule has 4 aromatic rings. The minimum absolute atomic E-state index is 0.149. The molecule has 0 aliphatic heterocycles. The molecular weight excluding hydrogens is 423 g/mol. The van der Waals surface area contributed by atoms with Crippen LogP contribution in [0.1, 0.15) is 0 Å². The Hall–Kier alpha value is -2.06. The molecule has 0 aliphatic carbocycles. The first-order valence-corrected chi connectivity index (χ1v) is 10.5. The summed E-state index contributed by atoms with van der Waals surface area (Å²) in [4.78, 5) is 24.3. The highest BCUT2D eigenvalue weighted by atomic mass is 35.5. The fourth-order valence-corrected chi connectivity index (χ4v) is 4.36. The number of nitrogens with one attached hydrogen (secondary N) is 2. The Balaban J connectivity index is 1.39. The number of imidazole rings is 1. The van der Waals surface area contributed by atoms with E-state index in [-0.39, 0.29) is 11.7 Å². The van der Waals surface area contributed by atoms with Crippen molar-refractivity contribution in [2.24, 2.45) is 0 Å². The van der Waals surface area contributed by atoms with Crippen molar-refractivity contribution in [3.63, 3.8) is 0 Å². The van der Waals surface area contributed by atoms with E-state index in [4.69, 9.17) is 23.2 Å². The number of aromatic amines is 1. The van der Waals surface area contributed by atoms with Crippen LogP contribution in [0.25, 0.3) is 22.3 Å². The van der Waals surface area contributed by atoms with Gasteiger partial charge >= 0.3 is 0 Å². The summed E-state index contributed by atoms with van der Waals surface area (Å²) in [6.45, 7) is 0. The first kappa shape index (κ1) is 18.3. The predicted octanol–water partition coefficient (Wildman–Crippen LogP) is 5.72. The maximum atomic E-state index is 12.2. The van der Waals surface area contributed by atoms with Gasteiger partial charge in [-0.05, 0) is 30.3 Å². The molecule has 2 heterocycles. The molecule has 0 radical (unpaired) electrons. The van der Waals surface area contributed by atoms with Crippen molar-refractivity contribution >= 4 is 68.4 Å². The van der Waals surface area contributed by atoms with Crippen molar-refractivity contribution in [1.29, 1.82) is 0 Å². The van der Waals surface area contributed by atoms with E-state index in [1.54, 1.807) is 12.1 Å². The highest BCUT2D eigenvalue weighted by Crippen LogP contribution is 2.32. The van der Waals surface area contributed by atoms with Crippen molar-refractivity contribution in [1.82, 2.24) is 15.0 Å². The molecule has 9 heteroatoms. The summed E-state index contributed by atoms with van der Waals surface area (Å²) < 4.78 is 0. The van der Waals surface area contributed by atoms with Crippen molar-refractivity contribution < 1.29 is 4.79 Å². The van der Waals surface area contributed by atoms with Crippen molar-refractivity contribution in [2.45, 2.75) is 5.16 Å². The van der Waals surface area contributed by atoms with Crippen LogP contribution >= 0.6 is 46.3 Å². The number of carbonyl (C=O) groups is 1. The van der Waals surface area contributed by atoms with Crippen LogP contribution in [0.15, 0.2) is 53.0 Å². The van der Waals surface area contributed by atoms with Crippen LogP contribution in [0.4, 0.5) is 5.13 Å². The second kappa shape index (κ2) is 7.90. The van der Waals surface area contributed by atoms with Gasteiger partial charge < -0.3 is 10.3 Å². The Morgan fingerprint density at radius 3 is 2.85 bits per heavy atom. The third-order valence-electron chi connectivity index (χ3n) is 3.67. The molecule has 0 saturated carbocycles. The quantitative estimate of drug-likeness (QED) is 0.393. The number of benzene rings is 2. The van der Waals surface area contributed by atoms with E-state index in [1.165, 1.54) is 23.1 Å². The summed E-state index contributed by atoms with van der Waals surface area (Å²) >= 11 is 14.8. The molecule has 5 nitrogen and oxygen atoms in total. The van der Waals surface area contributed by atoms with Crippen LogP contribution in [0.2, 0.25) is 10.0 Å². The van der Waals surface area contributed by atoms with Crippen molar-refractivity contribution in [3.8, 4) is 11.3 Å². The van der Waals surface area contributed by atoms with Crippen LogP contribution in [0.5, 0.6) is 0 Å². The number of hydrogen-bond donors (Lipinski definition) is 2. The normalized spacial score (nSPS) is 11.0. The fraction of sp³-hybridized carbons (Fsp3) is 0.0556. The second-order valence-corrected chi connectivity index (χ2v) is 8.22. The number of H-pyrrole nitrogens is 1. The van der Waals surface area contributed by atoms with Gasteiger partial charge in [0, 0.05) is 16.0 Å². The Labute approximate surface area is 173 Å². The molecular formula is C18H12Cl2N4OS2. The number of amides is 1. The lowest BCUT2D eigenvalue weighted by Crippen LogP contribution is -2.13. The summed E-state index contributed by atoms with van der Waals surface area (Å²) in [6.07, 6.45) is 0. The second-order valence-electron chi connectivity index (χ2n) is 5.56. The number of thioether (sulfide) groups is 1. The van der Waals surface area contributed by atoms with Gasteiger partial charge in [0.1, 0.15) is 0 Å². The first-order valence-electron chi connectivity index (χ1n) is 7.87. The molecule has 2 aromatic carbocycles. The van der Waals surface area contributed by atoms with E-state index in [0.29, 0.717) is 26.0 Å². The standard InChI is InChI=1S/C18H12Cl2N4OS2/c19-10-5-6-11(12(20)7-10)15-8-26-18(23-15)24-16(25)9-27-17-21-13-3-1-2-4-14(13)22-17/h1-8H,9H2,(H,21,22)(H,23,24,25). The zero-order chi connectivity index (χ0) is 18.8. The summed E-state index contributed by atoms with van der Waals surface area (Å²) in [5.41, 5.74) is 3.30. The van der Waals surface area contributed by atoms with Crippen molar-refractivity contribution in [2.75, 3.05) is 11.1 Å². The predicted molar refractivity (Wildman–Crippen MR) is 113 cm³/mol. The molecule has 0 spiro atoms. The van der Waals surface area contributed by atoms with Crippen LogP contribution < -0.4 is 5.32 Å². The number of hydrogen-bond acceptors (Lipinski definition) is 5. The molecule has 0 bridgehead atoms. The molecule has 2 N–H and O–H groups in total. The Bertz CT molecular complexity index is 1090. The molecule has 0 atom stereocenters. The molecule has 0 unspecified atom stereocenters. The SMILES string of the molecule is O=C(CSc1nc2ccccc2[nH]1)Nc1nc(-c2ccc(Cl)cc2Cl)cs1. The van der Waals surface area contributed by atoms with E-state index in [2.05, 4.69) is 20.3 Å². The van der Waals surface area contributed by atoms with Gasteiger partial charge in [-0.25, -0.2) is 9.97 Å². The molecule has 136 valence electrons. The van der Waals surface area contributed by atoms with Gasteiger partial charge in [-0.3, -0.25) is 4.79 Å². The molecule has 1 amide bonds. The lowest BCUT2D eigenvalue weighted by atomic mass is 10.2. The first-order chi connectivity index (χ1) is 13.1. The van der Waals surface area contributed by atoms with Gasteiger partial charge in [0.2, 0.25) is 5.91 Å². The smallest absolute Gasteiger partial charge is 0.236 e. The summed E-state index contributed by atoms with van der Waals surface area (Å²) in [5, 5.41) is 6.96. The number of nitrogens with zero attached hydrogens (tertiary/aromatic N) is 2. The van der Waals surface area contributed by atoms with Crippen LogP contribution in [0, 0.1) is 0 Å². The lowest BCUT2D eigenvalue weighted by Gasteiger charge is -2.02. The zero-order valence-corrected chi connectivity index (χ0v) is 16.8. The maximum absolute atomic E-state index is 12.2. The Morgan fingerprint density at radius 1 is 1.19 bits per heavy atom. The minimum atomic E-state index is -0.149. The number of anilines is 1. The Morgan fingerprint density at radius 2 is 2.04 bits per heavy atom. The molecule has 0 aliphatic rings. The molecule has 4 rings (SSSR count). The molecule has 2 aromatic heterocycles. The van der Waals surface area contributed by atoms with Crippen molar-refractivity contribution in [3.05, 3.63) is 57.9 Å². The topological polar surface area (TPSA) is 70.7 Å². The summed E-state index contributed by atoms with van der Waals surface area (Å²) in [7, 11) is 0. The number of halogens is 2. The highest BCUT2D eigenvalue weighted by molar-refractivity contribution is 7.99. The Kier molecular flexibility index (Phi) is 5.36. The number of aromatic nitrogens is 3. The van der Waals surface area contributed by atoms with Crippen LogP contribution in [0.3, 0.4) is 0 Å². The number of para-hydroxylation sites is 2. The van der Waals surface area contributed by atoms with Gasteiger partial charge in [0.25, 0.3) is 0 Å². The van der Waals surface area contributed by atoms with E-state index < -0.39 is 0 Å². The molecule has 0 fully saturated rings. The molecule has 0 saturated heterocycles. The van der Waals surface area contributed by atoms with Gasteiger partial charge in [0.05, 0.1) is 27.5 Å². The van der Waals surface area contributed by atoms with Gasteiger partial charge in [-0.15, -0.1) is 11.3 Å². The largest absolute Gasteiger partial charge is 0.333 e. The molecule has 27 heavy (non-hydrogen) atoms. The van der Waals surface area contributed by atoms with Crippen LogP contribution in [-0.4, -0.2) is 26.6 Å². The average molecular weight is 435 g/mol. The van der Waals surface area contributed by atoms with Gasteiger partial charge in [-0.2, -0.15) is 0 Å². The number of fused-ring (bicyclic) bond motifs is 1. The maximum Gasteiger partial charge on any atom is 0.236 e. The van der Waals surface area contributed by atoms with E-state index in [0.717, 1.165) is 16.6 Å². The minimum Gasteiger partial charge on any atom is -0.333 e. The van der Waals surface area contributed by atoms with Gasteiger partial charge in [0.15, 0.2) is 10.3 Å². The zero-order valence-electron chi connectivity index (χ0n) is 13.7. The number of carbonyl (C=O) groups excluding carboxylic acids is 1. The highest BCUT2D eigenvalue weighted by Gasteiger charge is 2.12. The van der Waals surface area contributed by atoms with Gasteiger partial charge in [-0.1, -0.05) is 47.1 Å².